The molecule has 1 aliphatic heterocycles. The number of ether oxygens (including phenoxy) is 1. The second-order valence-corrected chi connectivity index (χ2v) is 7.23. The van der Waals surface area contributed by atoms with E-state index in [9.17, 15) is 9.18 Å². The maximum Gasteiger partial charge on any atom is 0.251 e. The number of carbonyl (C=O) groups excluding carboxylic acids is 1. The Hall–Kier alpha value is -3.07. The molecular formula is C20H23FN6O2. The molecule has 1 fully saturated rings. The molecule has 1 N–H and O–H groups in total. The van der Waals surface area contributed by atoms with Crippen LogP contribution in [-0.2, 0) is 11.3 Å². The molecule has 9 heteroatoms. The highest BCUT2D eigenvalue weighted by Crippen LogP contribution is 2.25. The topological polar surface area (TPSA) is 85.2 Å². The van der Waals surface area contributed by atoms with Crippen LogP contribution in [0.25, 0.3) is 11.0 Å². The van der Waals surface area contributed by atoms with Crippen molar-refractivity contribution >= 4 is 22.8 Å². The van der Waals surface area contributed by atoms with Crippen LogP contribution >= 0.6 is 0 Å². The van der Waals surface area contributed by atoms with Crippen molar-refractivity contribution in [2.24, 2.45) is 0 Å². The Morgan fingerprint density at radius 3 is 2.66 bits per heavy atom. The lowest BCUT2D eigenvalue weighted by Crippen LogP contribution is -2.45. The number of hydrogen-bond acceptors (Lipinski definition) is 6. The molecule has 152 valence electrons. The first-order chi connectivity index (χ1) is 14.0. The van der Waals surface area contributed by atoms with Crippen molar-refractivity contribution in [3.63, 3.8) is 0 Å². The van der Waals surface area contributed by atoms with Crippen molar-refractivity contribution in [2.75, 3.05) is 24.5 Å². The van der Waals surface area contributed by atoms with Gasteiger partial charge in [0.15, 0.2) is 5.65 Å². The van der Waals surface area contributed by atoms with Crippen LogP contribution in [-0.4, -0.2) is 57.5 Å². The smallest absolute Gasteiger partial charge is 0.251 e. The van der Waals surface area contributed by atoms with Gasteiger partial charge in [-0.15, -0.1) is 0 Å². The molecule has 0 saturated carbocycles. The fourth-order valence-electron chi connectivity index (χ4n) is 3.63. The van der Waals surface area contributed by atoms with Crippen LogP contribution in [0.3, 0.4) is 0 Å². The van der Waals surface area contributed by atoms with Gasteiger partial charge < -0.3 is 15.0 Å². The molecule has 0 bridgehead atoms. The van der Waals surface area contributed by atoms with Gasteiger partial charge in [-0.1, -0.05) is 0 Å². The van der Waals surface area contributed by atoms with Crippen LogP contribution < -0.4 is 10.2 Å². The summed E-state index contributed by atoms with van der Waals surface area (Å²) in [6, 6.07) is 5.44. The monoisotopic (exact) mass is 398 g/mol. The average Bonchev–Trinajstić information content (AvgIpc) is 3.11. The van der Waals surface area contributed by atoms with Gasteiger partial charge in [0.05, 0.1) is 30.3 Å². The normalized spacial score (nSPS) is 19.5. The fraction of sp³-hybridized carbons (Fsp3) is 0.400. The third-order valence-corrected chi connectivity index (χ3v) is 4.85. The predicted molar refractivity (Wildman–Crippen MR) is 106 cm³/mol. The van der Waals surface area contributed by atoms with Crippen LogP contribution in [0.1, 0.15) is 24.2 Å². The summed E-state index contributed by atoms with van der Waals surface area (Å²) in [6.07, 6.45) is 3.55. The number of aromatic nitrogens is 4. The van der Waals surface area contributed by atoms with Gasteiger partial charge in [0.25, 0.3) is 5.91 Å². The Kier molecular flexibility index (Phi) is 5.39. The maximum absolute atomic E-state index is 13.0. The van der Waals surface area contributed by atoms with Crippen LogP contribution in [0.15, 0.2) is 36.8 Å². The Morgan fingerprint density at radius 1 is 1.21 bits per heavy atom. The lowest BCUT2D eigenvalue weighted by Gasteiger charge is -2.36. The van der Waals surface area contributed by atoms with Crippen LogP contribution in [0.2, 0.25) is 0 Å². The number of nitrogens with one attached hydrogen (secondary N) is 1. The number of benzene rings is 1. The lowest BCUT2D eigenvalue weighted by atomic mass is 10.2. The number of rotatable bonds is 5. The highest BCUT2D eigenvalue weighted by molar-refractivity contribution is 5.94. The number of carbonyl (C=O) groups is 1. The summed E-state index contributed by atoms with van der Waals surface area (Å²) in [7, 11) is 0. The molecule has 4 rings (SSSR count). The molecule has 3 heterocycles. The number of hydrogen-bond donors (Lipinski definition) is 1. The van der Waals surface area contributed by atoms with Gasteiger partial charge in [0.2, 0.25) is 0 Å². The van der Waals surface area contributed by atoms with E-state index in [0.717, 1.165) is 29.9 Å². The van der Waals surface area contributed by atoms with E-state index in [2.05, 4.69) is 25.3 Å². The highest BCUT2D eigenvalue weighted by Gasteiger charge is 2.25. The first-order valence-corrected chi connectivity index (χ1v) is 9.62. The van der Waals surface area contributed by atoms with E-state index in [0.29, 0.717) is 18.7 Å². The Morgan fingerprint density at radius 2 is 1.93 bits per heavy atom. The van der Waals surface area contributed by atoms with Gasteiger partial charge >= 0.3 is 0 Å². The minimum absolute atomic E-state index is 0.125. The molecule has 0 aliphatic carbocycles. The van der Waals surface area contributed by atoms with E-state index < -0.39 is 0 Å². The first kappa shape index (κ1) is 19.3. The summed E-state index contributed by atoms with van der Waals surface area (Å²) in [4.78, 5) is 23.2. The third-order valence-electron chi connectivity index (χ3n) is 4.85. The fourth-order valence-corrected chi connectivity index (χ4v) is 3.63. The molecule has 29 heavy (non-hydrogen) atoms. The molecule has 2 aromatic heterocycles. The zero-order chi connectivity index (χ0) is 20.4. The largest absolute Gasteiger partial charge is 0.372 e. The van der Waals surface area contributed by atoms with Gasteiger partial charge in [-0.25, -0.2) is 19.0 Å². The second kappa shape index (κ2) is 8.12. The average molecular weight is 398 g/mol. The number of morpholine rings is 1. The molecular weight excluding hydrogens is 375 g/mol. The zero-order valence-electron chi connectivity index (χ0n) is 16.4. The lowest BCUT2D eigenvalue weighted by molar-refractivity contribution is -0.00537. The molecule has 1 aliphatic rings. The molecule has 0 unspecified atom stereocenters. The molecule has 0 spiro atoms. The number of anilines is 1. The second-order valence-electron chi connectivity index (χ2n) is 7.23. The van der Waals surface area contributed by atoms with Crippen molar-refractivity contribution in [1.82, 2.24) is 25.1 Å². The zero-order valence-corrected chi connectivity index (χ0v) is 16.4. The summed E-state index contributed by atoms with van der Waals surface area (Å²) < 4.78 is 20.5. The first-order valence-electron chi connectivity index (χ1n) is 9.62. The Bertz CT molecular complexity index is 996. The van der Waals surface area contributed by atoms with Gasteiger partial charge in [-0.3, -0.25) is 4.79 Å². The van der Waals surface area contributed by atoms with Crippen molar-refractivity contribution in [1.29, 1.82) is 0 Å². The van der Waals surface area contributed by atoms with Gasteiger partial charge in [-0.05, 0) is 38.1 Å². The summed E-state index contributed by atoms with van der Waals surface area (Å²) >= 11 is 0. The van der Waals surface area contributed by atoms with Crippen LogP contribution in [0.4, 0.5) is 10.2 Å². The van der Waals surface area contributed by atoms with Crippen molar-refractivity contribution in [2.45, 2.75) is 32.6 Å². The highest BCUT2D eigenvalue weighted by atomic mass is 19.1. The molecule has 1 aromatic carbocycles. The maximum atomic E-state index is 13.0. The Balaban J connectivity index is 1.45. The predicted octanol–water partition coefficient (Wildman–Crippen LogP) is 2.01. The number of halogens is 1. The molecule has 3 aromatic rings. The van der Waals surface area contributed by atoms with Gasteiger partial charge in [0.1, 0.15) is 18.0 Å². The van der Waals surface area contributed by atoms with E-state index in [1.165, 1.54) is 30.6 Å². The van der Waals surface area contributed by atoms with E-state index >= 15 is 0 Å². The van der Waals surface area contributed by atoms with Crippen molar-refractivity contribution in [3.05, 3.63) is 48.2 Å². The van der Waals surface area contributed by atoms with E-state index in [1.54, 1.807) is 10.9 Å². The van der Waals surface area contributed by atoms with Crippen LogP contribution in [0.5, 0.6) is 0 Å². The number of fused-ring (bicyclic) bond motifs is 1. The SMILES string of the molecule is C[C@@H]1CN(c2ncnc3c2cnn3CCNC(=O)c2ccc(F)cc2)C[C@@H](C)O1. The molecule has 2 atom stereocenters. The van der Waals surface area contributed by atoms with Crippen molar-refractivity contribution in [3.8, 4) is 0 Å². The number of amides is 1. The molecule has 1 saturated heterocycles. The summed E-state index contributed by atoms with van der Waals surface area (Å²) in [5.74, 6) is 0.218. The van der Waals surface area contributed by atoms with Crippen LogP contribution in [0, 0.1) is 5.82 Å². The van der Waals surface area contributed by atoms with E-state index in [4.69, 9.17) is 4.74 Å². The number of nitrogens with zero attached hydrogens (tertiary/aromatic N) is 5. The third kappa shape index (κ3) is 4.19. The van der Waals surface area contributed by atoms with Gasteiger partial charge in [-0.2, -0.15) is 5.10 Å². The summed E-state index contributed by atoms with van der Waals surface area (Å²) in [6.45, 7) is 6.45. The molecule has 1 amide bonds. The standard InChI is InChI=1S/C20H23FN6O2/c1-13-10-26(11-14(2)29-13)18-17-9-25-27(19(17)24-12-23-18)8-7-22-20(28)15-3-5-16(21)6-4-15/h3-6,9,12-14H,7-8,10-11H2,1-2H3,(H,22,28)/t13-,14-/m1/s1. The molecule has 0 radical (unpaired) electrons. The molecule has 8 nitrogen and oxygen atoms in total. The summed E-state index contributed by atoms with van der Waals surface area (Å²) in [5, 5.41) is 8.12. The quantitative estimate of drug-likeness (QED) is 0.708. The minimum Gasteiger partial charge on any atom is -0.372 e. The van der Waals surface area contributed by atoms with Gasteiger partial charge in [0, 0.05) is 25.2 Å². The van der Waals surface area contributed by atoms with E-state index in [-0.39, 0.29) is 23.9 Å². The Labute approximate surface area is 167 Å². The minimum atomic E-state index is -0.371. The summed E-state index contributed by atoms with van der Waals surface area (Å²) in [5.41, 5.74) is 1.13. The van der Waals surface area contributed by atoms with E-state index in [1.807, 2.05) is 13.8 Å². The van der Waals surface area contributed by atoms with Crippen molar-refractivity contribution < 1.29 is 13.9 Å².